The number of likely N-dealkylation sites (tertiary alicyclic amines) is 1. The molecule has 2 aliphatic heterocycles. The minimum Gasteiger partial charge on any atom is -0.374 e. The molecule has 0 aromatic carbocycles. The van der Waals surface area contributed by atoms with Gasteiger partial charge < -0.3 is 19.9 Å². The Morgan fingerprint density at radius 2 is 1.84 bits per heavy atom. The lowest BCUT2D eigenvalue weighted by Crippen LogP contribution is -2.53. The SMILES string of the molecule is CN=C(NCC1CN(C)CCO1)N1CCCC2(CCCCCC2)C1.I. The molecule has 1 N–H and O–H groups in total. The van der Waals surface area contributed by atoms with Crippen molar-refractivity contribution in [3.05, 3.63) is 0 Å². The molecule has 1 atom stereocenters. The fraction of sp³-hybridized carbons (Fsp3) is 0.947. The van der Waals surface area contributed by atoms with E-state index in [1.165, 1.54) is 57.9 Å². The number of hydrogen-bond acceptors (Lipinski definition) is 3. The lowest BCUT2D eigenvalue weighted by molar-refractivity contribution is -0.0165. The van der Waals surface area contributed by atoms with Crippen molar-refractivity contribution >= 4 is 29.9 Å². The fourth-order valence-electron chi connectivity index (χ4n) is 4.80. The molecule has 1 aliphatic carbocycles. The molecule has 1 unspecified atom stereocenters. The summed E-state index contributed by atoms with van der Waals surface area (Å²) in [6.45, 7) is 6.09. The quantitative estimate of drug-likeness (QED) is 0.388. The smallest absolute Gasteiger partial charge is 0.193 e. The molecule has 1 spiro atoms. The number of nitrogens with one attached hydrogen (secondary N) is 1. The van der Waals surface area contributed by atoms with E-state index < -0.39 is 0 Å². The van der Waals surface area contributed by atoms with Crippen molar-refractivity contribution in [1.29, 1.82) is 0 Å². The van der Waals surface area contributed by atoms with Gasteiger partial charge in [-0.2, -0.15) is 0 Å². The van der Waals surface area contributed by atoms with Crippen LogP contribution in [0.4, 0.5) is 0 Å². The summed E-state index contributed by atoms with van der Waals surface area (Å²) in [7, 11) is 4.09. The number of halogens is 1. The van der Waals surface area contributed by atoms with Gasteiger partial charge in [0.1, 0.15) is 0 Å². The minimum absolute atomic E-state index is 0. The maximum atomic E-state index is 5.88. The summed E-state index contributed by atoms with van der Waals surface area (Å²) in [5, 5.41) is 3.59. The number of hydrogen-bond donors (Lipinski definition) is 1. The Kier molecular flexibility index (Phi) is 8.75. The third-order valence-electron chi connectivity index (χ3n) is 6.17. The second-order valence-electron chi connectivity index (χ2n) is 8.12. The zero-order chi connectivity index (χ0) is 16.8. The number of piperidine rings is 1. The Morgan fingerprint density at radius 3 is 2.52 bits per heavy atom. The van der Waals surface area contributed by atoms with Gasteiger partial charge in [0, 0.05) is 39.8 Å². The van der Waals surface area contributed by atoms with E-state index in [2.05, 4.69) is 27.2 Å². The maximum Gasteiger partial charge on any atom is 0.193 e. The Bertz CT molecular complexity index is 424. The zero-order valence-electron chi connectivity index (χ0n) is 16.1. The van der Waals surface area contributed by atoms with Crippen LogP contribution in [0.3, 0.4) is 0 Å². The van der Waals surface area contributed by atoms with Crippen molar-refractivity contribution < 1.29 is 4.74 Å². The van der Waals surface area contributed by atoms with Gasteiger partial charge in [0.2, 0.25) is 0 Å². The lowest BCUT2D eigenvalue weighted by atomic mass is 9.74. The first-order chi connectivity index (χ1) is 11.7. The van der Waals surface area contributed by atoms with Gasteiger partial charge in [-0.1, -0.05) is 25.7 Å². The van der Waals surface area contributed by atoms with E-state index in [0.717, 1.165) is 38.7 Å². The van der Waals surface area contributed by atoms with Crippen LogP contribution in [0.1, 0.15) is 51.4 Å². The Morgan fingerprint density at radius 1 is 1.12 bits per heavy atom. The van der Waals surface area contributed by atoms with Crippen LogP contribution in [-0.2, 0) is 4.74 Å². The highest BCUT2D eigenvalue weighted by atomic mass is 127. The zero-order valence-corrected chi connectivity index (χ0v) is 18.5. The molecule has 146 valence electrons. The molecular weight excluding hydrogens is 427 g/mol. The van der Waals surface area contributed by atoms with Crippen molar-refractivity contribution in [2.45, 2.75) is 57.5 Å². The molecule has 0 aromatic heterocycles. The predicted octanol–water partition coefficient (Wildman–Crippen LogP) is 2.95. The lowest BCUT2D eigenvalue weighted by Gasteiger charge is -2.44. The average molecular weight is 464 g/mol. The largest absolute Gasteiger partial charge is 0.374 e. The third kappa shape index (κ3) is 5.96. The van der Waals surface area contributed by atoms with Gasteiger partial charge >= 0.3 is 0 Å². The van der Waals surface area contributed by atoms with Crippen LogP contribution in [0.25, 0.3) is 0 Å². The summed E-state index contributed by atoms with van der Waals surface area (Å²) in [6.07, 6.45) is 11.5. The Balaban J connectivity index is 0.00000225. The van der Waals surface area contributed by atoms with Crippen LogP contribution in [0, 0.1) is 5.41 Å². The molecule has 6 heteroatoms. The molecule has 0 radical (unpaired) electrons. The standard InChI is InChI=1S/C19H36N4O.HI/c1-20-18(21-14-17-15-22(2)12-13-24-17)23-11-7-10-19(16-23)8-5-3-4-6-9-19;/h17H,3-16H2,1-2H3,(H,20,21);1H. The normalized spacial score (nSPS) is 28.3. The van der Waals surface area contributed by atoms with Crippen LogP contribution in [-0.4, -0.2) is 75.3 Å². The van der Waals surface area contributed by atoms with E-state index in [1.54, 1.807) is 0 Å². The van der Waals surface area contributed by atoms with Crippen LogP contribution in [0.15, 0.2) is 4.99 Å². The van der Waals surface area contributed by atoms with Crippen molar-refractivity contribution in [1.82, 2.24) is 15.1 Å². The van der Waals surface area contributed by atoms with E-state index in [1.807, 2.05) is 7.05 Å². The molecule has 0 bridgehead atoms. The first-order valence-corrected chi connectivity index (χ1v) is 9.97. The van der Waals surface area contributed by atoms with Gasteiger partial charge in [0.15, 0.2) is 5.96 Å². The predicted molar refractivity (Wildman–Crippen MR) is 115 cm³/mol. The van der Waals surface area contributed by atoms with Crippen molar-refractivity contribution in [3.63, 3.8) is 0 Å². The van der Waals surface area contributed by atoms with Crippen LogP contribution in [0.5, 0.6) is 0 Å². The van der Waals surface area contributed by atoms with Crippen molar-refractivity contribution in [3.8, 4) is 0 Å². The second-order valence-corrected chi connectivity index (χ2v) is 8.12. The van der Waals surface area contributed by atoms with E-state index >= 15 is 0 Å². The fourth-order valence-corrected chi connectivity index (χ4v) is 4.80. The first kappa shape index (κ1) is 21.2. The average Bonchev–Trinajstić information content (AvgIpc) is 2.81. The number of aliphatic imine (C=N–C) groups is 1. The Hall–Kier alpha value is -0.0800. The summed E-state index contributed by atoms with van der Waals surface area (Å²) in [5.41, 5.74) is 0.550. The molecule has 3 rings (SSSR count). The first-order valence-electron chi connectivity index (χ1n) is 9.97. The molecule has 3 fully saturated rings. The summed E-state index contributed by atoms with van der Waals surface area (Å²) < 4.78 is 5.88. The van der Waals surface area contributed by atoms with Gasteiger partial charge in [0.05, 0.1) is 12.7 Å². The number of nitrogens with zero attached hydrogens (tertiary/aromatic N) is 3. The highest BCUT2D eigenvalue weighted by Gasteiger charge is 2.36. The van der Waals surface area contributed by atoms with Crippen LogP contribution >= 0.6 is 24.0 Å². The monoisotopic (exact) mass is 464 g/mol. The highest BCUT2D eigenvalue weighted by molar-refractivity contribution is 14.0. The topological polar surface area (TPSA) is 40.1 Å². The summed E-state index contributed by atoms with van der Waals surface area (Å²) in [5.74, 6) is 1.08. The molecule has 25 heavy (non-hydrogen) atoms. The van der Waals surface area contributed by atoms with E-state index in [-0.39, 0.29) is 30.1 Å². The molecule has 0 aromatic rings. The van der Waals surface area contributed by atoms with Crippen molar-refractivity contribution in [2.24, 2.45) is 10.4 Å². The summed E-state index contributed by atoms with van der Waals surface area (Å²) >= 11 is 0. The summed E-state index contributed by atoms with van der Waals surface area (Å²) in [6, 6.07) is 0. The minimum atomic E-state index is 0. The number of ether oxygens (including phenoxy) is 1. The number of likely N-dealkylation sites (N-methyl/N-ethyl adjacent to an activating group) is 1. The molecule has 3 aliphatic rings. The van der Waals surface area contributed by atoms with Crippen molar-refractivity contribution in [2.75, 3.05) is 53.4 Å². The number of morpholine rings is 1. The van der Waals surface area contributed by atoms with Crippen LogP contribution < -0.4 is 5.32 Å². The summed E-state index contributed by atoms with van der Waals surface area (Å²) in [4.78, 5) is 9.44. The van der Waals surface area contributed by atoms with Gasteiger partial charge in [-0.05, 0) is 38.1 Å². The highest BCUT2D eigenvalue weighted by Crippen LogP contribution is 2.42. The molecule has 1 saturated carbocycles. The van der Waals surface area contributed by atoms with E-state index in [9.17, 15) is 0 Å². The van der Waals surface area contributed by atoms with Gasteiger partial charge in [-0.25, -0.2) is 0 Å². The molecule has 2 saturated heterocycles. The molecule has 2 heterocycles. The number of rotatable bonds is 2. The Labute approximate surface area is 171 Å². The van der Waals surface area contributed by atoms with E-state index in [0.29, 0.717) is 5.41 Å². The maximum absolute atomic E-state index is 5.88. The molecule has 0 amide bonds. The van der Waals surface area contributed by atoms with E-state index in [4.69, 9.17) is 4.74 Å². The second kappa shape index (κ2) is 10.3. The van der Waals surface area contributed by atoms with Gasteiger partial charge in [0.25, 0.3) is 0 Å². The number of guanidine groups is 1. The molecule has 5 nitrogen and oxygen atoms in total. The third-order valence-corrected chi connectivity index (χ3v) is 6.17. The molecular formula is C19H37IN4O. The van der Waals surface area contributed by atoms with Gasteiger partial charge in [-0.15, -0.1) is 24.0 Å². The van der Waals surface area contributed by atoms with Gasteiger partial charge in [-0.3, -0.25) is 4.99 Å². The van der Waals surface area contributed by atoms with Crippen LogP contribution in [0.2, 0.25) is 0 Å².